The Labute approximate surface area is 266 Å². The predicted molar refractivity (Wildman–Crippen MR) is 169 cm³/mol. The molecular weight excluding hydrogens is 554 g/mol. The molecule has 248 valence electrons. The standard InChI is InChI=1S/C37H59NO6/c1-25-20-32-33(38(23-25)12-13-41-16-17-43-19-18-42-15-14-40-5)26(2)37(44-32)11-9-30-29-7-6-27-21-28(39)8-10-34(27,3)31(29)22-36(30)24-35(36,37)4/h21,25-26,29-33H,6-20,22-24H2,1-5H3/t25-,26+,29-,30-,31-,32+,33-,34-,35?,36?,37+/m0/s1. The van der Waals surface area contributed by atoms with Crippen LogP contribution in [0, 0.1) is 45.8 Å². The van der Waals surface area contributed by atoms with Crippen molar-refractivity contribution in [2.75, 3.05) is 66.4 Å². The summed E-state index contributed by atoms with van der Waals surface area (Å²) < 4.78 is 29.7. The number of hydrogen-bond donors (Lipinski definition) is 0. The highest BCUT2D eigenvalue weighted by Gasteiger charge is 2.84. The van der Waals surface area contributed by atoms with E-state index in [1.165, 1.54) is 44.1 Å². The van der Waals surface area contributed by atoms with Crippen molar-refractivity contribution in [1.29, 1.82) is 0 Å². The Morgan fingerprint density at radius 1 is 0.932 bits per heavy atom. The molecule has 0 N–H and O–H groups in total. The topological polar surface area (TPSA) is 66.5 Å². The second-order valence-electron chi connectivity index (χ2n) is 16.4. The van der Waals surface area contributed by atoms with E-state index in [0.29, 0.717) is 74.8 Å². The molecule has 44 heavy (non-hydrogen) atoms. The first-order chi connectivity index (χ1) is 21.2. The quantitative estimate of drug-likeness (QED) is 0.262. The molecule has 0 amide bonds. The first kappa shape index (κ1) is 31.8. The minimum Gasteiger partial charge on any atom is -0.382 e. The number of piperidine rings is 1. The minimum atomic E-state index is -0.00321. The smallest absolute Gasteiger partial charge is 0.155 e. The van der Waals surface area contributed by atoms with E-state index < -0.39 is 0 Å². The lowest BCUT2D eigenvalue weighted by Gasteiger charge is -2.50. The fourth-order valence-electron chi connectivity index (χ4n) is 12.5. The largest absolute Gasteiger partial charge is 0.382 e. The summed E-state index contributed by atoms with van der Waals surface area (Å²) in [5.41, 5.74) is 2.44. The fraction of sp³-hybridized carbons (Fsp3) is 0.919. The van der Waals surface area contributed by atoms with Crippen LogP contribution in [0.25, 0.3) is 0 Å². The summed E-state index contributed by atoms with van der Waals surface area (Å²) in [5.74, 6) is 3.98. The third-order valence-corrected chi connectivity index (χ3v) is 14.5. The summed E-state index contributed by atoms with van der Waals surface area (Å²) in [6.07, 6.45) is 13.1. The number of carbonyl (C=O) groups excluding carboxylic acids is 1. The highest BCUT2D eigenvalue weighted by molar-refractivity contribution is 5.91. The van der Waals surface area contributed by atoms with E-state index in [-0.39, 0.29) is 16.4 Å². The molecule has 2 spiro atoms. The molecule has 2 aliphatic heterocycles. The second-order valence-corrected chi connectivity index (χ2v) is 16.4. The average molecular weight is 614 g/mol. The highest BCUT2D eigenvalue weighted by Crippen LogP contribution is 2.87. The Morgan fingerprint density at radius 3 is 2.41 bits per heavy atom. The van der Waals surface area contributed by atoms with Crippen molar-refractivity contribution in [3.05, 3.63) is 11.6 Å². The molecule has 11 atom stereocenters. The summed E-state index contributed by atoms with van der Waals surface area (Å²) in [7, 11) is 1.68. The van der Waals surface area contributed by atoms with Gasteiger partial charge in [0.25, 0.3) is 0 Å². The summed E-state index contributed by atoms with van der Waals surface area (Å²) >= 11 is 0. The van der Waals surface area contributed by atoms with Crippen molar-refractivity contribution >= 4 is 5.78 Å². The number of rotatable bonds is 12. The number of likely N-dealkylation sites (tertiary alicyclic amines) is 1. The number of nitrogens with zero attached hydrogens (tertiary/aromatic N) is 1. The molecule has 7 aliphatic rings. The third-order valence-electron chi connectivity index (χ3n) is 14.5. The maximum absolute atomic E-state index is 12.4. The van der Waals surface area contributed by atoms with Crippen LogP contribution in [0.1, 0.15) is 85.5 Å². The van der Waals surface area contributed by atoms with Gasteiger partial charge < -0.3 is 23.7 Å². The van der Waals surface area contributed by atoms with E-state index in [1.807, 2.05) is 0 Å². The lowest BCUT2D eigenvalue weighted by molar-refractivity contribution is -0.148. The number of ketones is 1. The average Bonchev–Trinajstić information content (AvgIpc) is 3.34. The van der Waals surface area contributed by atoms with Crippen LogP contribution in [-0.2, 0) is 28.5 Å². The Bertz CT molecular complexity index is 1110. The van der Waals surface area contributed by atoms with E-state index in [9.17, 15) is 4.79 Å². The van der Waals surface area contributed by atoms with Gasteiger partial charge in [-0.1, -0.05) is 33.3 Å². The molecule has 5 aliphatic carbocycles. The molecule has 2 saturated heterocycles. The molecule has 6 fully saturated rings. The lowest BCUT2D eigenvalue weighted by atomic mass is 9.56. The zero-order chi connectivity index (χ0) is 30.7. The van der Waals surface area contributed by atoms with Crippen LogP contribution >= 0.6 is 0 Å². The van der Waals surface area contributed by atoms with Gasteiger partial charge in [-0.25, -0.2) is 0 Å². The SMILES string of the molecule is COCCOCCOCCOCCN1C[C@@H](C)C[C@H]2O[C@]3(CC[C@H]4[C@@H]5CCC6=CC(=O)CC[C@]6(C)[C@H]5CC45CC53C)[C@H](C)[C@@H]21. The zero-order valence-corrected chi connectivity index (χ0v) is 28.2. The molecule has 7 rings (SSSR count). The molecule has 2 unspecified atom stereocenters. The zero-order valence-electron chi connectivity index (χ0n) is 28.2. The van der Waals surface area contributed by atoms with Crippen LogP contribution in [0.15, 0.2) is 11.6 Å². The molecule has 7 heteroatoms. The monoisotopic (exact) mass is 613 g/mol. The molecule has 0 bridgehead atoms. The van der Waals surface area contributed by atoms with Gasteiger partial charge in [-0.05, 0) is 91.9 Å². The minimum absolute atomic E-state index is 0.00321. The van der Waals surface area contributed by atoms with Gasteiger partial charge in [-0.3, -0.25) is 9.69 Å². The number of fused-ring (bicyclic) bond motifs is 6. The van der Waals surface area contributed by atoms with Gasteiger partial charge >= 0.3 is 0 Å². The van der Waals surface area contributed by atoms with Gasteiger partial charge in [-0.15, -0.1) is 0 Å². The van der Waals surface area contributed by atoms with Crippen molar-refractivity contribution < 1.29 is 28.5 Å². The number of carbonyl (C=O) groups is 1. The molecular formula is C37H59NO6. The second kappa shape index (κ2) is 12.0. The van der Waals surface area contributed by atoms with Crippen LogP contribution in [0.2, 0.25) is 0 Å². The van der Waals surface area contributed by atoms with Crippen molar-refractivity contribution in [3.8, 4) is 0 Å². The Kier molecular flexibility index (Phi) is 8.66. The molecule has 7 nitrogen and oxygen atoms in total. The van der Waals surface area contributed by atoms with Gasteiger partial charge in [0.2, 0.25) is 0 Å². The van der Waals surface area contributed by atoms with Gasteiger partial charge in [0.1, 0.15) is 0 Å². The molecule has 0 radical (unpaired) electrons. The maximum Gasteiger partial charge on any atom is 0.155 e. The van der Waals surface area contributed by atoms with Gasteiger partial charge in [0.15, 0.2) is 5.78 Å². The van der Waals surface area contributed by atoms with Crippen molar-refractivity contribution in [2.24, 2.45) is 45.8 Å². The predicted octanol–water partition coefficient (Wildman–Crippen LogP) is 5.70. The van der Waals surface area contributed by atoms with E-state index in [2.05, 4.69) is 38.7 Å². The van der Waals surface area contributed by atoms with E-state index >= 15 is 0 Å². The van der Waals surface area contributed by atoms with Crippen LogP contribution in [-0.4, -0.2) is 94.9 Å². The van der Waals surface area contributed by atoms with Crippen molar-refractivity contribution in [2.45, 2.75) is 103 Å². The number of ether oxygens (including phenoxy) is 5. The normalized spacial score (nSPS) is 47.5. The van der Waals surface area contributed by atoms with Gasteiger partial charge in [0.05, 0.1) is 58.0 Å². The third kappa shape index (κ3) is 4.84. The van der Waals surface area contributed by atoms with Crippen molar-refractivity contribution in [3.63, 3.8) is 0 Å². The highest BCUT2D eigenvalue weighted by atomic mass is 16.6. The summed E-state index contributed by atoms with van der Waals surface area (Å²) in [6, 6.07) is 0.487. The van der Waals surface area contributed by atoms with Crippen LogP contribution in [0.4, 0.5) is 0 Å². The number of allylic oxidation sites excluding steroid dienone is 2. The molecule has 4 saturated carbocycles. The van der Waals surface area contributed by atoms with Gasteiger partial charge in [0, 0.05) is 44.0 Å². The van der Waals surface area contributed by atoms with E-state index in [4.69, 9.17) is 23.7 Å². The molecule has 0 aromatic carbocycles. The first-order valence-electron chi connectivity index (χ1n) is 18.1. The van der Waals surface area contributed by atoms with Gasteiger partial charge in [-0.2, -0.15) is 0 Å². The summed E-state index contributed by atoms with van der Waals surface area (Å²) in [6.45, 7) is 16.6. The molecule has 2 heterocycles. The van der Waals surface area contributed by atoms with E-state index in [0.717, 1.165) is 56.7 Å². The summed E-state index contributed by atoms with van der Waals surface area (Å²) in [5, 5.41) is 0. The Balaban J connectivity index is 0.985. The molecule has 0 aromatic rings. The fourth-order valence-corrected chi connectivity index (χ4v) is 12.5. The first-order valence-corrected chi connectivity index (χ1v) is 18.1. The van der Waals surface area contributed by atoms with Crippen molar-refractivity contribution in [1.82, 2.24) is 4.90 Å². The maximum atomic E-state index is 12.4. The lowest BCUT2D eigenvalue weighted by Crippen LogP contribution is -2.55. The Morgan fingerprint density at radius 2 is 1.66 bits per heavy atom. The van der Waals surface area contributed by atoms with Crippen LogP contribution in [0.3, 0.4) is 0 Å². The summed E-state index contributed by atoms with van der Waals surface area (Å²) in [4.78, 5) is 15.1. The van der Waals surface area contributed by atoms with Crippen LogP contribution < -0.4 is 0 Å². The van der Waals surface area contributed by atoms with E-state index in [1.54, 1.807) is 7.11 Å². The molecule has 0 aromatic heterocycles. The number of methoxy groups -OCH3 is 1. The van der Waals surface area contributed by atoms with Crippen LogP contribution in [0.5, 0.6) is 0 Å². The Hall–Kier alpha value is -0.830. The number of hydrogen-bond acceptors (Lipinski definition) is 7.